The van der Waals surface area contributed by atoms with Crippen LogP contribution in [0.15, 0.2) is 53.3 Å². The van der Waals surface area contributed by atoms with E-state index in [9.17, 15) is 0 Å². The molecule has 0 aliphatic rings. The van der Waals surface area contributed by atoms with Gasteiger partial charge in [-0.3, -0.25) is 0 Å². The highest BCUT2D eigenvalue weighted by Gasteiger charge is 2.04. The molecule has 1 N–H and O–H groups in total. The monoisotopic (exact) mass is 279 g/mol. The summed E-state index contributed by atoms with van der Waals surface area (Å²) in [6.45, 7) is 5.05. The van der Waals surface area contributed by atoms with Gasteiger partial charge >= 0.3 is 0 Å². The Hall–Kier alpha value is -2.62. The van der Waals surface area contributed by atoms with Gasteiger partial charge in [-0.15, -0.1) is 10.2 Å². The van der Waals surface area contributed by atoms with Crippen molar-refractivity contribution in [1.82, 2.24) is 10.2 Å². The lowest BCUT2D eigenvalue weighted by molar-refractivity contribution is 0.568. The van der Waals surface area contributed by atoms with Crippen molar-refractivity contribution >= 4 is 5.69 Å². The van der Waals surface area contributed by atoms with Crippen LogP contribution in [-0.2, 0) is 6.54 Å². The minimum absolute atomic E-state index is 0.532. The van der Waals surface area contributed by atoms with Gasteiger partial charge in [0.1, 0.15) is 0 Å². The molecule has 0 saturated heterocycles. The zero-order valence-electron chi connectivity index (χ0n) is 12.1. The fourth-order valence-electron chi connectivity index (χ4n) is 2.18. The second-order valence-corrected chi connectivity index (χ2v) is 5.10. The molecule has 0 aliphatic carbocycles. The van der Waals surface area contributed by atoms with Crippen molar-refractivity contribution in [1.29, 1.82) is 0 Å². The minimum Gasteiger partial charge on any atom is -0.423 e. The van der Waals surface area contributed by atoms with E-state index in [0.29, 0.717) is 5.89 Å². The number of nitrogens with one attached hydrogen (secondary N) is 1. The Labute approximate surface area is 123 Å². The summed E-state index contributed by atoms with van der Waals surface area (Å²) >= 11 is 0. The predicted octanol–water partition coefficient (Wildman–Crippen LogP) is 3.97. The molecule has 0 unspecified atom stereocenters. The van der Waals surface area contributed by atoms with Crippen molar-refractivity contribution < 1.29 is 4.42 Å². The van der Waals surface area contributed by atoms with Gasteiger partial charge in [0.15, 0.2) is 0 Å². The van der Waals surface area contributed by atoms with Gasteiger partial charge in [-0.1, -0.05) is 24.3 Å². The molecule has 0 aliphatic heterocycles. The molecular weight excluding hydrogens is 262 g/mol. The number of benzene rings is 2. The third-order valence-electron chi connectivity index (χ3n) is 3.54. The Kier molecular flexibility index (Phi) is 3.69. The van der Waals surface area contributed by atoms with Crippen LogP contribution < -0.4 is 5.32 Å². The zero-order valence-corrected chi connectivity index (χ0v) is 12.1. The van der Waals surface area contributed by atoms with Gasteiger partial charge < -0.3 is 9.73 Å². The molecule has 2 aromatic carbocycles. The van der Waals surface area contributed by atoms with E-state index in [1.807, 2.05) is 24.3 Å². The highest BCUT2D eigenvalue weighted by Crippen LogP contribution is 2.21. The molecule has 0 spiro atoms. The van der Waals surface area contributed by atoms with Gasteiger partial charge in [-0.05, 0) is 48.7 Å². The molecule has 4 nitrogen and oxygen atoms in total. The van der Waals surface area contributed by atoms with E-state index < -0.39 is 0 Å². The van der Waals surface area contributed by atoms with Crippen LogP contribution in [0, 0.1) is 13.8 Å². The standard InChI is InChI=1S/C17H17N3O/c1-12-6-7-14(8-13(12)2)10-18-16-5-3-4-15(9-16)17-20-19-11-21-17/h3-9,11,18H,10H2,1-2H3. The van der Waals surface area contributed by atoms with E-state index in [-0.39, 0.29) is 0 Å². The number of aromatic nitrogens is 2. The van der Waals surface area contributed by atoms with Crippen LogP contribution in [0.25, 0.3) is 11.5 Å². The number of aryl methyl sites for hydroxylation is 2. The number of nitrogens with zero attached hydrogens (tertiary/aromatic N) is 2. The first-order chi connectivity index (χ1) is 10.2. The summed E-state index contributed by atoms with van der Waals surface area (Å²) in [5.41, 5.74) is 5.84. The molecule has 4 heteroatoms. The lowest BCUT2D eigenvalue weighted by Gasteiger charge is -2.09. The maximum Gasteiger partial charge on any atom is 0.247 e. The molecule has 0 amide bonds. The summed E-state index contributed by atoms with van der Waals surface area (Å²) in [6, 6.07) is 14.5. The van der Waals surface area contributed by atoms with E-state index in [0.717, 1.165) is 17.8 Å². The maximum absolute atomic E-state index is 5.22. The molecule has 1 aromatic heterocycles. The van der Waals surface area contributed by atoms with E-state index >= 15 is 0 Å². The molecule has 0 radical (unpaired) electrons. The van der Waals surface area contributed by atoms with Crippen molar-refractivity contribution in [2.24, 2.45) is 0 Å². The molecule has 1 heterocycles. The lowest BCUT2D eigenvalue weighted by atomic mass is 10.1. The van der Waals surface area contributed by atoms with Crippen molar-refractivity contribution in [2.45, 2.75) is 20.4 Å². The van der Waals surface area contributed by atoms with E-state index in [4.69, 9.17) is 4.42 Å². The van der Waals surface area contributed by atoms with Gasteiger partial charge in [0.2, 0.25) is 12.3 Å². The van der Waals surface area contributed by atoms with Crippen LogP contribution in [0.1, 0.15) is 16.7 Å². The molecule has 3 aromatic rings. The Morgan fingerprint density at radius 1 is 1.05 bits per heavy atom. The molecule has 0 saturated carbocycles. The van der Waals surface area contributed by atoms with Crippen molar-refractivity contribution in [3.05, 3.63) is 65.5 Å². The fourth-order valence-corrected chi connectivity index (χ4v) is 2.18. The average molecular weight is 279 g/mol. The largest absolute Gasteiger partial charge is 0.423 e. The van der Waals surface area contributed by atoms with Crippen molar-refractivity contribution in [3.8, 4) is 11.5 Å². The second-order valence-electron chi connectivity index (χ2n) is 5.10. The highest BCUT2D eigenvalue weighted by atomic mass is 16.4. The summed E-state index contributed by atoms with van der Waals surface area (Å²) < 4.78 is 5.22. The van der Waals surface area contributed by atoms with Gasteiger partial charge in [0, 0.05) is 17.8 Å². The van der Waals surface area contributed by atoms with Crippen LogP contribution in [-0.4, -0.2) is 10.2 Å². The Morgan fingerprint density at radius 2 is 1.95 bits per heavy atom. The number of hydrogen-bond donors (Lipinski definition) is 1. The van der Waals surface area contributed by atoms with Crippen LogP contribution in [0.5, 0.6) is 0 Å². The summed E-state index contributed by atoms with van der Waals surface area (Å²) in [6.07, 6.45) is 1.34. The molecule has 0 bridgehead atoms. The predicted molar refractivity (Wildman–Crippen MR) is 83.0 cm³/mol. The third kappa shape index (κ3) is 3.11. The maximum atomic E-state index is 5.22. The Morgan fingerprint density at radius 3 is 2.71 bits per heavy atom. The smallest absolute Gasteiger partial charge is 0.247 e. The Balaban J connectivity index is 1.73. The quantitative estimate of drug-likeness (QED) is 0.785. The van der Waals surface area contributed by atoms with Gasteiger partial charge in [-0.25, -0.2) is 0 Å². The molecule has 0 fully saturated rings. The summed E-state index contributed by atoms with van der Waals surface area (Å²) in [4.78, 5) is 0. The first kappa shape index (κ1) is 13.4. The summed E-state index contributed by atoms with van der Waals surface area (Å²) in [5.74, 6) is 0.532. The molecule has 0 atom stereocenters. The first-order valence-corrected chi connectivity index (χ1v) is 6.89. The molecular formula is C17H17N3O. The van der Waals surface area contributed by atoms with Crippen molar-refractivity contribution in [3.63, 3.8) is 0 Å². The summed E-state index contributed by atoms with van der Waals surface area (Å²) in [7, 11) is 0. The average Bonchev–Trinajstić information content (AvgIpc) is 3.03. The van der Waals surface area contributed by atoms with Crippen LogP contribution in [0.4, 0.5) is 5.69 Å². The number of hydrogen-bond acceptors (Lipinski definition) is 4. The second kappa shape index (κ2) is 5.79. The van der Waals surface area contributed by atoms with Crippen LogP contribution >= 0.6 is 0 Å². The molecule has 3 rings (SSSR count). The van der Waals surface area contributed by atoms with Gasteiger partial charge in [0.05, 0.1) is 0 Å². The van der Waals surface area contributed by atoms with Crippen LogP contribution in [0.2, 0.25) is 0 Å². The summed E-state index contributed by atoms with van der Waals surface area (Å²) in [5, 5.41) is 11.0. The normalized spacial score (nSPS) is 10.6. The lowest BCUT2D eigenvalue weighted by Crippen LogP contribution is -2.00. The third-order valence-corrected chi connectivity index (χ3v) is 3.54. The number of rotatable bonds is 4. The van der Waals surface area contributed by atoms with E-state index in [2.05, 4.69) is 47.6 Å². The SMILES string of the molecule is Cc1ccc(CNc2cccc(-c3nnco3)c2)cc1C. The van der Waals surface area contributed by atoms with E-state index in [1.165, 1.54) is 23.1 Å². The minimum atomic E-state index is 0.532. The van der Waals surface area contributed by atoms with Gasteiger partial charge in [-0.2, -0.15) is 0 Å². The highest BCUT2D eigenvalue weighted by molar-refractivity contribution is 5.60. The van der Waals surface area contributed by atoms with E-state index in [1.54, 1.807) is 0 Å². The zero-order chi connectivity index (χ0) is 14.7. The molecule has 106 valence electrons. The first-order valence-electron chi connectivity index (χ1n) is 6.89. The molecule has 21 heavy (non-hydrogen) atoms. The van der Waals surface area contributed by atoms with Gasteiger partial charge in [0.25, 0.3) is 0 Å². The van der Waals surface area contributed by atoms with Crippen molar-refractivity contribution in [2.75, 3.05) is 5.32 Å². The Bertz CT molecular complexity index is 736. The van der Waals surface area contributed by atoms with Crippen LogP contribution in [0.3, 0.4) is 0 Å². The number of anilines is 1. The fraction of sp³-hybridized carbons (Fsp3) is 0.176. The topological polar surface area (TPSA) is 51.0 Å².